The smallest absolute Gasteiger partial charge is 0.227 e. The van der Waals surface area contributed by atoms with E-state index >= 15 is 0 Å². The van der Waals surface area contributed by atoms with E-state index in [4.69, 9.17) is 5.11 Å². The lowest BCUT2D eigenvalue weighted by molar-refractivity contribution is -0.0281. The summed E-state index contributed by atoms with van der Waals surface area (Å²) in [5.41, 5.74) is 0. The topological polar surface area (TPSA) is 20.2 Å². The first kappa shape index (κ1) is 6.82. The highest BCUT2D eigenvalue weighted by Crippen LogP contribution is 2.02. The number of aliphatic hydroxyl groups is 1. The summed E-state index contributed by atoms with van der Waals surface area (Å²) in [6, 6.07) is 0. The summed E-state index contributed by atoms with van der Waals surface area (Å²) in [6.07, 6.45) is -3.98. The Morgan fingerprint density at radius 2 is 2.00 bits per heavy atom. The molecule has 0 aromatic carbocycles. The first-order valence-corrected chi connectivity index (χ1v) is 2.14. The fourth-order valence-corrected chi connectivity index (χ4v) is 0.194. The van der Waals surface area contributed by atoms with E-state index < -0.39 is 12.5 Å². The van der Waals surface area contributed by atoms with E-state index in [0.717, 1.165) is 0 Å². The van der Waals surface area contributed by atoms with Crippen LogP contribution in [-0.2, 0) is 0 Å². The number of hydrogen-bond acceptors (Lipinski definition) is 1. The predicted molar refractivity (Wildman–Crippen MR) is 22.3 cm³/mol. The molecular formula is C4H8F2O. The molecule has 0 bridgehead atoms. The molecule has 0 saturated heterocycles. The maximum absolute atomic E-state index is 11.6. The zero-order valence-electron chi connectivity index (χ0n) is 4.06. The molecule has 0 aliphatic carbocycles. The van der Waals surface area contributed by atoms with Gasteiger partial charge in [-0.1, -0.05) is 6.92 Å². The molecule has 0 amide bonds. The summed E-state index contributed by atoms with van der Waals surface area (Å²) < 4.78 is 22.9. The van der Waals surface area contributed by atoms with Crippen molar-refractivity contribution in [2.75, 3.05) is 0 Å². The van der Waals surface area contributed by atoms with Crippen LogP contribution < -0.4 is 0 Å². The van der Waals surface area contributed by atoms with E-state index in [1.807, 2.05) is 0 Å². The van der Waals surface area contributed by atoms with Gasteiger partial charge in [-0.15, -0.1) is 0 Å². The zero-order valence-corrected chi connectivity index (χ0v) is 4.06. The van der Waals surface area contributed by atoms with Crippen molar-refractivity contribution >= 4 is 0 Å². The van der Waals surface area contributed by atoms with Gasteiger partial charge in [0.25, 0.3) is 0 Å². The van der Waals surface area contributed by atoms with Crippen molar-refractivity contribution in [1.82, 2.24) is 0 Å². The summed E-state index contributed by atoms with van der Waals surface area (Å²) in [5, 5.41) is 7.78. The first-order valence-electron chi connectivity index (χ1n) is 2.14. The van der Waals surface area contributed by atoms with Crippen molar-refractivity contribution in [3.63, 3.8) is 0 Å². The molecule has 44 valence electrons. The van der Waals surface area contributed by atoms with E-state index in [1.165, 1.54) is 6.92 Å². The first-order chi connectivity index (χ1) is 3.18. The third-order valence-electron chi connectivity index (χ3n) is 0.688. The minimum Gasteiger partial charge on any atom is -0.362 e. The number of alkyl halides is 2. The van der Waals surface area contributed by atoms with Crippen LogP contribution in [0.5, 0.6) is 0 Å². The molecule has 2 atom stereocenters. The molecule has 1 N–H and O–H groups in total. The third kappa shape index (κ3) is 2.51. The Hall–Kier alpha value is -0.180. The molecule has 0 fully saturated rings. The second-order valence-electron chi connectivity index (χ2n) is 1.30. The number of aliphatic hydroxyl groups excluding tert-OH is 1. The van der Waals surface area contributed by atoms with Gasteiger partial charge in [0.1, 0.15) is 0 Å². The normalized spacial score (nSPS) is 18.9. The average molecular weight is 110 g/mol. The van der Waals surface area contributed by atoms with E-state index in [0.29, 0.717) is 0 Å². The van der Waals surface area contributed by atoms with Gasteiger partial charge in [-0.3, -0.25) is 0 Å². The van der Waals surface area contributed by atoms with Crippen molar-refractivity contribution in [1.29, 1.82) is 0 Å². The minimum absolute atomic E-state index is 0.0255. The van der Waals surface area contributed by atoms with Crippen LogP contribution in [0.3, 0.4) is 0 Å². The predicted octanol–water partition coefficient (Wildman–Crippen LogP) is 1.02. The van der Waals surface area contributed by atoms with Gasteiger partial charge >= 0.3 is 0 Å². The summed E-state index contributed by atoms with van der Waals surface area (Å²) >= 11 is 0. The molecule has 1 nitrogen and oxygen atoms in total. The standard InChI is InChI=1S/C4H8F2O/c1-2-3(5)4(6)7/h3-4,7H,2H2,1H3. The van der Waals surface area contributed by atoms with Gasteiger partial charge in [-0.05, 0) is 6.42 Å². The van der Waals surface area contributed by atoms with Crippen molar-refractivity contribution in [2.24, 2.45) is 0 Å². The van der Waals surface area contributed by atoms with Crippen molar-refractivity contribution < 1.29 is 13.9 Å². The molecule has 0 heterocycles. The molecule has 0 aromatic rings. The molecule has 0 radical (unpaired) electrons. The van der Waals surface area contributed by atoms with Gasteiger partial charge in [-0.25, -0.2) is 8.78 Å². The van der Waals surface area contributed by atoms with E-state index in [9.17, 15) is 8.78 Å². The zero-order chi connectivity index (χ0) is 5.86. The van der Waals surface area contributed by atoms with Crippen molar-refractivity contribution in [2.45, 2.75) is 25.9 Å². The fourth-order valence-electron chi connectivity index (χ4n) is 0.194. The molecule has 0 spiro atoms. The van der Waals surface area contributed by atoms with Crippen LogP contribution in [0.2, 0.25) is 0 Å². The van der Waals surface area contributed by atoms with Crippen LogP contribution >= 0.6 is 0 Å². The maximum Gasteiger partial charge on any atom is 0.227 e. The van der Waals surface area contributed by atoms with Gasteiger partial charge < -0.3 is 5.11 Å². The number of hydrogen-bond donors (Lipinski definition) is 1. The maximum atomic E-state index is 11.6. The van der Waals surface area contributed by atoms with Gasteiger partial charge in [0, 0.05) is 0 Å². The summed E-state index contributed by atoms with van der Waals surface area (Å²) in [7, 11) is 0. The van der Waals surface area contributed by atoms with Gasteiger partial charge in [0.05, 0.1) is 0 Å². The highest BCUT2D eigenvalue weighted by atomic mass is 19.2. The second-order valence-corrected chi connectivity index (χ2v) is 1.30. The average Bonchev–Trinajstić information content (AvgIpc) is 1.65. The second kappa shape index (κ2) is 2.91. The molecule has 7 heavy (non-hydrogen) atoms. The van der Waals surface area contributed by atoms with E-state index in [2.05, 4.69) is 0 Å². The molecule has 3 heteroatoms. The summed E-state index contributed by atoms with van der Waals surface area (Å²) in [4.78, 5) is 0. The third-order valence-corrected chi connectivity index (χ3v) is 0.688. The summed E-state index contributed by atoms with van der Waals surface area (Å²) in [6.45, 7) is 1.47. The van der Waals surface area contributed by atoms with Gasteiger partial charge in [-0.2, -0.15) is 0 Å². The SMILES string of the molecule is CCC(F)C(O)F. The molecular weight excluding hydrogens is 102 g/mol. The quantitative estimate of drug-likeness (QED) is 0.562. The van der Waals surface area contributed by atoms with Gasteiger partial charge in [0.15, 0.2) is 6.17 Å². The molecule has 0 saturated carbocycles. The van der Waals surface area contributed by atoms with E-state index in [1.54, 1.807) is 0 Å². The van der Waals surface area contributed by atoms with Crippen LogP contribution in [0.15, 0.2) is 0 Å². The van der Waals surface area contributed by atoms with Crippen molar-refractivity contribution in [3.8, 4) is 0 Å². The molecule has 0 rings (SSSR count). The Morgan fingerprint density at radius 1 is 1.57 bits per heavy atom. The van der Waals surface area contributed by atoms with Crippen LogP contribution in [0.25, 0.3) is 0 Å². The largest absolute Gasteiger partial charge is 0.362 e. The van der Waals surface area contributed by atoms with Gasteiger partial charge in [0.2, 0.25) is 6.36 Å². The van der Waals surface area contributed by atoms with Crippen LogP contribution in [0.4, 0.5) is 8.78 Å². The van der Waals surface area contributed by atoms with Crippen LogP contribution in [-0.4, -0.2) is 17.6 Å². The molecule has 0 aliphatic rings. The lowest BCUT2D eigenvalue weighted by Gasteiger charge is -2.01. The Labute approximate surface area is 41.0 Å². The highest BCUT2D eigenvalue weighted by Gasteiger charge is 2.12. The Kier molecular flexibility index (Phi) is 2.83. The van der Waals surface area contributed by atoms with Crippen molar-refractivity contribution in [3.05, 3.63) is 0 Å². The summed E-state index contributed by atoms with van der Waals surface area (Å²) in [5.74, 6) is 0. The van der Waals surface area contributed by atoms with Crippen LogP contribution in [0, 0.1) is 0 Å². The Morgan fingerprint density at radius 3 is 2.00 bits per heavy atom. The number of halogens is 2. The monoisotopic (exact) mass is 110 g/mol. The minimum atomic E-state index is -2.30. The van der Waals surface area contributed by atoms with E-state index in [-0.39, 0.29) is 6.42 Å². The Balaban J connectivity index is 3.14. The molecule has 0 aliphatic heterocycles. The lowest BCUT2D eigenvalue weighted by atomic mass is 10.3. The highest BCUT2D eigenvalue weighted by molar-refractivity contribution is 4.51. The lowest BCUT2D eigenvalue weighted by Crippen LogP contribution is -2.14. The number of rotatable bonds is 2. The van der Waals surface area contributed by atoms with Crippen LogP contribution in [0.1, 0.15) is 13.3 Å². The molecule has 0 aromatic heterocycles. The molecule has 2 unspecified atom stereocenters. The Bertz CT molecular complexity index is 47.0. The fraction of sp³-hybridized carbons (Fsp3) is 1.00.